The molecule has 0 bridgehead atoms. The van der Waals surface area contributed by atoms with Crippen LogP contribution in [-0.4, -0.2) is 101 Å². The molecule has 0 saturated carbocycles. The Morgan fingerprint density at radius 1 is 0.853 bits per heavy atom. The average molecular weight is 462 g/mol. The van der Waals surface area contributed by atoms with E-state index >= 15 is 0 Å². The first-order valence-electron chi connectivity index (χ1n) is 12.4. The van der Waals surface area contributed by atoms with Crippen LogP contribution in [0.1, 0.15) is 21.5 Å². The molecule has 0 unspecified atom stereocenters. The van der Waals surface area contributed by atoms with Gasteiger partial charge in [0.2, 0.25) is 0 Å². The summed E-state index contributed by atoms with van der Waals surface area (Å²) in [5.74, 6) is 0.0491. The number of rotatable bonds is 7. The SMILES string of the molecule is CN(C)Cc1cccc(C(=O)C=Cc2ccc(N3CCN(C)CC3)cc2N2CCN(C)CC2)c1. The van der Waals surface area contributed by atoms with E-state index in [0.29, 0.717) is 0 Å². The summed E-state index contributed by atoms with van der Waals surface area (Å²) in [7, 11) is 8.45. The molecule has 2 fully saturated rings. The number of ketones is 1. The number of carbonyl (C=O) groups excluding carboxylic acids is 1. The molecule has 0 spiro atoms. The van der Waals surface area contributed by atoms with Crippen molar-refractivity contribution in [2.24, 2.45) is 0 Å². The van der Waals surface area contributed by atoms with Crippen molar-refractivity contribution in [1.82, 2.24) is 14.7 Å². The number of hydrogen-bond acceptors (Lipinski definition) is 6. The molecular formula is C28H39N5O. The Balaban J connectivity index is 1.57. The minimum atomic E-state index is 0.0491. The second kappa shape index (κ2) is 11.2. The molecule has 2 aromatic carbocycles. The van der Waals surface area contributed by atoms with E-state index in [1.165, 1.54) is 11.4 Å². The van der Waals surface area contributed by atoms with Gasteiger partial charge in [0.25, 0.3) is 0 Å². The van der Waals surface area contributed by atoms with Crippen LogP contribution in [0.3, 0.4) is 0 Å². The largest absolute Gasteiger partial charge is 0.369 e. The predicted molar refractivity (Wildman–Crippen MR) is 143 cm³/mol. The highest BCUT2D eigenvalue weighted by Crippen LogP contribution is 2.30. The maximum Gasteiger partial charge on any atom is 0.185 e. The summed E-state index contributed by atoms with van der Waals surface area (Å²) in [5, 5.41) is 0. The van der Waals surface area contributed by atoms with Crippen molar-refractivity contribution in [3.8, 4) is 0 Å². The van der Waals surface area contributed by atoms with Gasteiger partial charge in [-0.3, -0.25) is 4.79 Å². The van der Waals surface area contributed by atoms with Gasteiger partial charge in [-0.25, -0.2) is 0 Å². The van der Waals surface area contributed by atoms with Gasteiger partial charge in [-0.1, -0.05) is 24.3 Å². The summed E-state index contributed by atoms with van der Waals surface area (Å²) in [6.07, 6.45) is 3.74. The fraction of sp³-hybridized carbons (Fsp3) is 0.464. The minimum Gasteiger partial charge on any atom is -0.369 e. The van der Waals surface area contributed by atoms with Crippen LogP contribution in [0.15, 0.2) is 48.5 Å². The van der Waals surface area contributed by atoms with Crippen molar-refractivity contribution >= 4 is 23.2 Å². The fourth-order valence-corrected chi connectivity index (χ4v) is 4.71. The topological polar surface area (TPSA) is 33.3 Å². The molecular weight excluding hydrogens is 422 g/mol. The van der Waals surface area contributed by atoms with E-state index in [-0.39, 0.29) is 5.78 Å². The predicted octanol–water partition coefficient (Wildman–Crippen LogP) is 3.15. The number of anilines is 2. The van der Waals surface area contributed by atoms with Gasteiger partial charge in [0.05, 0.1) is 0 Å². The van der Waals surface area contributed by atoms with Crippen LogP contribution in [-0.2, 0) is 6.54 Å². The summed E-state index contributed by atoms with van der Waals surface area (Å²) < 4.78 is 0. The van der Waals surface area contributed by atoms with Crippen molar-refractivity contribution in [3.05, 3.63) is 65.2 Å². The molecule has 0 atom stereocenters. The number of carbonyl (C=O) groups is 1. The molecule has 0 aliphatic carbocycles. The zero-order chi connectivity index (χ0) is 24.1. The van der Waals surface area contributed by atoms with Crippen molar-refractivity contribution in [2.45, 2.75) is 6.54 Å². The summed E-state index contributed by atoms with van der Waals surface area (Å²) in [6, 6.07) is 14.7. The highest BCUT2D eigenvalue weighted by molar-refractivity contribution is 6.07. The molecule has 182 valence electrons. The van der Waals surface area contributed by atoms with Gasteiger partial charge in [-0.15, -0.1) is 0 Å². The molecule has 2 aliphatic rings. The van der Waals surface area contributed by atoms with Crippen molar-refractivity contribution in [1.29, 1.82) is 0 Å². The molecule has 2 saturated heterocycles. The monoisotopic (exact) mass is 461 g/mol. The van der Waals surface area contributed by atoms with E-state index in [2.05, 4.69) is 62.9 Å². The molecule has 2 aliphatic heterocycles. The fourth-order valence-electron chi connectivity index (χ4n) is 4.71. The zero-order valence-electron chi connectivity index (χ0n) is 21.2. The number of likely N-dealkylation sites (N-methyl/N-ethyl adjacent to an activating group) is 2. The van der Waals surface area contributed by atoms with E-state index < -0.39 is 0 Å². The van der Waals surface area contributed by atoms with Crippen LogP contribution in [0, 0.1) is 0 Å². The van der Waals surface area contributed by atoms with E-state index in [9.17, 15) is 4.79 Å². The lowest BCUT2D eigenvalue weighted by molar-refractivity contribution is 0.104. The normalized spacial score (nSPS) is 18.3. The second-order valence-corrected chi connectivity index (χ2v) is 9.96. The standard InChI is InChI=1S/C28H39N5O/c1-29(2)22-23-6-5-7-25(20-23)28(34)11-9-24-8-10-26(32-16-12-30(3)13-17-32)21-27(24)33-18-14-31(4)15-19-33/h5-11,20-21H,12-19,22H2,1-4H3. The van der Waals surface area contributed by atoms with Gasteiger partial charge in [0.1, 0.15) is 0 Å². The van der Waals surface area contributed by atoms with Crippen molar-refractivity contribution < 1.29 is 4.79 Å². The maximum atomic E-state index is 13.0. The molecule has 34 heavy (non-hydrogen) atoms. The maximum absolute atomic E-state index is 13.0. The van der Waals surface area contributed by atoms with Crippen LogP contribution in [0.5, 0.6) is 0 Å². The van der Waals surface area contributed by atoms with E-state index in [1.807, 2.05) is 38.4 Å². The molecule has 0 amide bonds. The molecule has 0 N–H and O–H groups in total. The lowest BCUT2D eigenvalue weighted by Crippen LogP contribution is -2.45. The van der Waals surface area contributed by atoms with Crippen molar-refractivity contribution in [3.63, 3.8) is 0 Å². The Labute approximate surface area is 205 Å². The van der Waals surface area contributed by atoms with Crippen LogP contribution in [0.25, 0.3) is 6.08 Å². The summed E-state index contributed by atoms with van der Waals surface area (Å²) in [5.41, 5.74) is 5.52. The minimum absolute atomic E-state index is 0.0491. The first-order valence-corrected chi connectivity index (χ1v) is 12.4. The van der Waals surface area contributed by atoms with Crippen LogP contribution in [0.4, 0.5) is 11.4 Å². The van der Waals surface area contributed by atoms with E-state index in [1.54, 1.807) is 6.08 Å². The molecule has 2 aromatic rings. The third kappa shape index (κ3) is 6.26. The van der Waals surface area contributed by atoms with Gasteiger partial charge in [0.15, 0.2) is 5.78 Å². The first kappa shape index (κ1) is 24.5. The van der Waals surface area contributed by atoms with E-state index in [0.717, 1.165) is 75.6 Å². The highest BCUT2D eigenvalue weighted by Gasteiger charge is 2.20. The Hall–Kier alpha value is -2.67. The number of hydrogen-bond donors (Lipinski definition) is 0. The highest BCUT2D eigenvalue weighted by atomic mass is 16.1. The number of benzene rings is 2. The molecule has 6 nitrogen and oxygen atoms in total. The number of allylic oxidation sites excluding steroid dienone is 1. The van der Waals surface area contributed by atoms with Gasteiger partial charge in [-0.2, -0.15) is 0 Å². The Kier molecular flexibility index (Phi) is 8.03. The Morgan fingerprint density at radius 2 is 1.50 bits per heavy atom. The molecule has 2 heterocycles. The lowest BCUT2D eigenvalue weighted by Gasteiger charge is -2.37. The van der Waals surface area contributed by atoms with Crippen LogP contribution in [0.2, 0.25) is 0 Å². The Morgan fingerprint density at radius 3 is 2.15 bits per heavy atom. The summed E-state index contributed by atoms with van der Waals surface area (Å²) in [4.78, 5) is 24.8. The molecule has 4 rings (SSSR count). The van der Waals surface area contributed by atoms with Gasteiger partial charge in [0, 0.05) is 75.8 Å². The van der Waals surface area contributed by atoms with Crippen LogP contribution >= 0.6 is 0 Å². The molecule has 0 aromatic heterocycles. The van der Waals surface area contributed by atoms with Gasteiger partial charge in [-0.05, 0) is 69.7 Å². The number of nitrogens with zero attached hydrogens (tertiary/aromatic N) is 5. The van der Waals surface area contributed by atoms with Crippen LogP contribution < -0.4 is 9.80 Å². The molecule has 0 radical (unpaired) electrons. The first-order chi connectivity index (χ1) is 16.4. The van der Waals surface area contributed by atoms with Gasteiger partial charge >= 0.3 is 0 Å². The lowest BCUT2D eigenvalue weighted by atomic mass is 10.0. The zero-order valence-corrected chi connectivity index (χ0v) is 21.2. The quantitative estimate of drug-likeness (QED) is 0.465. The third-order valence-electron chi connectivity index (χ3n) is 6.85. The second-order valence-electron chi connectivity index (χ2n) is 9.96. The summed E-state index contributed by atoms with van der Waals surface area (Å²) >= 11 is 0. The number of piperazine rings is 2. The van der Waals surface area contributed by atoms with Gasteiger partial charge < -0.3 is 24.5 Å². The molecule has 6 heteroatoms. The third-order valence-corrected chi connectivity index (χ3v) is 6.85. The average Bonchev–Trinajstić information content (AvgIpc) is 2.83. The Bertz CT molecular complexity index is 1000. The summed E-state index contributed by atoms with van der Waals surface area (Å²) in [6.45, 7) is 9.23. The van der Waals surface area contributed by atoms with Crippen molar-refractivity contribution in [2.75, 3.05) is 90.3 Å². The smallest absolute Gasteiger partial charge is 0.185 e. The van der Waals surface area contributed by atoms with E-state index in [4.69, 9.17) is 0 Å².